The van der Waals surface area contributed by atoms with E-state index in [2.05, 4.69) is 21.2 Å². The van der Waals surface area contributed by atoms with Gasteiger partial charge in [-0.3, -0.25) is 9.10 Å². The number of ether oxygens (including phenoxy) is 1. The zero-order valence-electron chi connectivity index (χ0n) is 14.0. The highest BCUT2D eigenvalue weighted by Gasteiger charge is 2.20. The zero-order valence-corrected chi connectivity index (χ0v) is 17.1. The Hall–Kier alpha value is -1.77. The molecule has 2 aromatic rings. The molecule has 2 rings (SSSR count). The number of rotatable bonds is 8. The first kappa shape index (κ1) is 20.5. The number of nitrogens with one attached hydrogen (secondary N) is 1. The Morgan fingerprint density at radius 2 is 1.85 bits per heavy atom. The first-order chi connectivity index (χ1) is 12.3. The topological polar surface area (TPSA) is 75.7 Å². The van der Waals surface area contributed by atoms with E-state index in [4.69, 9.17) is 16.3 Å². The number of benzene rings is 2. The standard InChI is InChI=1S/C17H18BrClN2O4S/c1-26(23,24)21(14-8-6-13(18)7-9-14)12-17(22)20-10-11-25-16-5-3-2-4-15(16)19/h2-9H,10-12H2,1H3,(H,20,22). The molecule has 0 radical (unpaired) electrons. The lowest BCUT2D eigenvalue weighted by atomic mass is 10.3. The lowest BCUT2D eigenvalue weighted by Crippen LogP contribution is -2.41. The van der Waals surface area contributed by atoms with Crippen LogP contribution in [-0.2, 0) is 14.8 Å². The normalized spacial score (nSPS) is 11.0. The van der Waals surface area contributed by atoms with E-state index < -0.39 is 15.9 Å². The number of carbonyl (C=O) groups is 1. The van der Waals surface area contributed by atoms with Gasteiger partial charge in [0.05, 0.1) is 23.5 Å². The zero-order chi connectivity index (χ0) is 19.2. The number of amides is 1. The SMILES string of the molecule is CS(=O)(=O)N(CC(=O)NCCOc1ccccc1Cl)c1ccc(Br)cc1. The second-order valence-electron chi connectivity index (χ2n) is 5.37. The highest BCUT2D eigenvalue weighted by molar-refractivity contribution is 9.10. The Kier molecular flexibility index (Phi) is 7.31. The smallest absolute Gasteiger partial charge is 0.240 e. The minimum absolute atomic E-state index is 0.215. The van der Waals surface area contributed by atoms with Crippen LogP contribution in [0.1, 0.15) is 0 Å². The Morgan fingerprint density at radius 1 is 1.19 bits per heavy atom. The summed E-state index contributed by atoms with van der Waals surface area (Å²) >= 11 is 9.27. The van der Waals surface area contributed by atoms with Crippen molar-refractivity contribution in [2.45, 2.75) is 0 Å². The predicted molar refractivity (Wildman–Crippen MR) is 106 cm³/mol. The van der Waals surface area contributed by atoms with Crippen molar-refractivity contribution >= 4 is 49.1 Å². The molecule has 0 fully saturated rings. The first-order valence-corrected chi connectivity index (χ1v) is 10.7. The number of sulfonamides is 1. The number of carbonyl (C=O) groups excluding carboxylic acids is 1. The van der Waals surface area contributed by atoms with Gasteiger partial charge in [0, 0.05) is 4.47 Å². The van der Waals surface area contributed by atoms with Crippen molar-refractivity contribution in [1.82, 2.24) is 5.32 Å². The van der Waals surface area contributed by atoms with Crippen LogP contribution in [0.3, 0.4) is 0 Å². The maximum absolute atomic E-state index is 12.1. The molecule has 0 aliphatic rings. The molecule has 9 heteroatoms. The third-order valence-electron chi connectivity index (χ3n) is 3.32. The lowest BCUT2D eigenvalue weighted by Gasteiger charge is -2.22. The summed E-state index contributed by atoms with van der Waals surface area (Å²) in [5.74, 6) is 0.0946. The van der Waals surface area contributed by atoms with Gasteiger partial charge in [0.1, 0.15) is 18.9 Å². The van der Waals surface area contributed by atoms with E-state index in [0.29, 0.717) is 16.5 Å². The van der Waals surface area contributed by atoms with E-state index in [-0.39, 0.29) is 19.7 Å². The van der Waals surface area contributed by atoms with Crippen LogP contribution in [-0.4, -0.2) is 40.3 Å². The van der Waals surface area contributed by atoms with Crippen molar-refractivity contribution in [3.8, 4) is 5.75 Å². The van der Waals surface area contributed by atoms with Gasteiger partial charge in [0.2, 0.25) is 15.9 Å². The van der Waals surface area contributed by atoms with Crippen LogP contribution in [0.25, 0.3) is 0 Å². The Morgan fingerprint density at radius 3 is 2.46 bits per heavy atom. The van der Waals surface area contributed by atoms with Crippen molar-refractivity contribution in [2.75, 3.05) is 30.3 Å². The summed E-state index contributed by atoms with van der Waals surface area (Å²) in [7, 11) is -3.60. The van der Waals surface area contributed by atoms with Crippen molar-refractivity contribution in [2.24, 2.45) is 0 Å². The van der Waals surface area contributed by atoms with Gasteiger partial charge in [-0.05, 0) is 36.4 Å². The average molecular weight is 462 g/mol. The quantitative estimate of drug-likeness (QED) is 0.613. The summed E-state index contributed by atoms with van der Waals surface area (Å²) in [6.07, 6.45) is 1.06. The Labute approximate surface area is 166 Å². The van der Waals surface area contributed by atoms with Gasteiger partial charge in [-0.2, -0.15) is 0 Å². The summed E-state index contributed by atoms with van der Waals surface area (Å²) in [5.41, 5.74) is 0.415. The monoisotopic (exact) mass is 460 g/mol. The maximum atomic E-state index is 12.1. The molecule has 0 atom stereocenters. The number of hydrogen-bond donors (Lipinski definition) is 1. The fourth-order valence-electron chi connectivity index (χ4n) is 2.11. The minimum atomic E-state index is -3.60. The first-order valence-electron chi connectivity index (χ1n) is 7.64. The largest absolute Gasteiger partial charge is 0.490 e. The summed E-state index contributed by atoms with van der Waals surface area (Å²) in [6, 6.07) is 13.7. The molecule has 0 aliphatic heterocycles. The van der Waals surface area contributed by atoms with Crippen LogP contribution >= 0.6 is 27.5 Å². The third-order valence-corrected chi connectivity index (χ3v) is 5.30. The van der Waals surface area contributed by atoms with Gasteiger partial charge in [-0.15, -0.1) is 0 Å². The average Bonchev–Trinajstić information content (AvgIpc) is 2.58. The van der Waals surface area contributed by atoms with Crippen LogP contribution < -0.4 is 14.4 Å². The fraction of sp³-hybridized carbons (Fsp3) is 0.235. The highest BCUT2D eigenvalue weighted by Crippen LogP contribution is 2.23. The van der Waals surface area contributed by atoms with E-state index in [1.54, 1.807) is 48.5 Å². The lowest BCUT2D eigenvalue weighted by molar-refractivity contribution is -0.119. The molecule has 0 spiro atoms. The Balaban J connectivity index is 1.89. The van der Waals surface area contributed by atoms with Gasteiger partial charge in [-0.1, -0.05) is 39.7 Å². The number of anilines is 1. The minimum Gasteiger partial charge on any atom is -0.490 e. The molecule has 1 N–H and O–H groups in total. The molecule has 0 bridgehead atoms. The van der Waals surface area contributed by atoms with Crippen molar-refractivity contribution in [3.05, 3.63) is 58.0 Å². The summed E-state index contributed by atoms with van der Waals surface area (Å²) in [6.45, 7) is 0.126. The molecule has 0 aliphatic carbocycles. The molecule has 2 aromatic carbocycles. The van der Waals surface area contributed by atoms with E-state index >= 15 is 0 Å². The second kappa shape index (κ2) is 9.25. The molecule has 26 heavy (non-hydrogen) atoms. The van der Waals surface area contributed by atoms with Gasteiger partial charge in [0.15, 0.2) is 0 Å². The molecule has 140 valence electrons. The Bertz CT molecular complexity index is 859. The van der Waals surface area contributed by atoms with Crippen LogP contribution in [0.2, 0.25) is 5.02 Å². The summed E-state index contributed by atoms with van der Waals surface area (Å²) < 4.78 is 31.3. The number of halogens is 2. The molecular weight excluding hydrogens is 444 g/mol. The van der Waals surface area contributed by atoms with Crippen LogP contribution in [0.15, 0.2) is 53.0 Å². The van der Waals surface area contributed by atoms with Crippen LogP contribution in [0.4, 0.5) is 5.69 Å². The van der Waals surface area contributed by atoms with Crippen molar-refractivity contribution < 1.29 is 17.9 Å². The van der Waals surface area contributed by atoms with Crippen LogP contribution in [0.5, 0.6) is 5.75 Å². The highest BCUT2D eigenvalue weighted by atomic mass is 79.9. The molecule has 0 saturated heterocycles. The van der Waals surface area contributed by atoms with Gasteiger partial charge in [0.25, 0.3) is 0 Å². The summed E-state index contributed by atoms with van der Waals surface area (Å²) in [5, 5.41) is 3.12. The van der Waals surface area contributed by atoms with Crippen molar-refractivity contribution in [3.63, 3.8) is 0 Å². The maximum Gasteiger partial charge on any atom is 0.240 e. The molecule has 0 saturated carbocycles. The molecule has 0 aromatic heterocycles. The van der Waals surface area contributed by atoms with Gasteiger partial charge < -0.3 is 10.1 Å². The molecular formula is C17H18BrClN2O4S. The third kappa shape index (κ3) is 6.19. The van der Waals surface area contributed by atoms with E-state index in [1.165, 1.54) is 0 Å². The number of para-hydroxylation sites is 1. The molecule has 0 heterocycles. The number of hydrogen-bond acceptors (Lipinski definition) is 4. The summed E-state index contributed by atoms with van der Waals surface area (Å²) in [4.78, 5) is 12.1. The van der Waals surface area contributed by atoms with Crippen LogP contribution in [0, 0.1) is 0 Å². The number of nitrogens with zero attached hydrogens (tertiary/aromatic N) is 1. The van der Waals surface area contributed by atoms with E-state index in [1.807, 2.05) is 0 Å². The van der Waals surface area contributed by atoms with Gasteiger partial charge >= 0.3 is 0 Å². The second-order valence-corrected chi connectivity index (χ2v) is 8.60. The van der Waals surface area contributed by atoms with Crippen molar-refractivity contribution in [1.29, 1.82) is 0 Å². The van der Waals surface area contributed by atoms with Gasteiger partial charge in [-0.25, -0.2) is 8.42 Å². The molecule has 6 nitrogen and oxygen atoms in total. The van der Waals surface area contributed by atoms with E-state index in [9.17, 15) is 13.2 Å². The molecule has 1 amide bonds. The molecule has 0 unspecified atom stereocenters. The van der Waals surface area contributed by atoms with E-state index in [0.717, 1.165) is 15.0 Å². The fourth-order valence-corrected chi connectivity index (χ4v) is 3.42. The predicted octanol–water partition coefficient (Wildman–Crippen LogP) is 3.06.